The van der Waals surface area contributed by atoms with E-state index in [0.717, 1.165) is 0 Å². The van der Waals surface area contributed by atoms with E-state index in [1.165, 1.54) is 4.90 Å². The fourth-order valence-electron chi connectivity index (χ4n) is 2.06. The molecule has 6 heteroatoms. The summed E-state index contributed by atoms with van der Waals surface area (Å²) in [6.45, 7) is 0.446. The molecule has 2 aliphatic rings. The molecule has 1 aromatic rings. The summed E-state index contributed by atoms with van der Waals surface area (Å²) in [5.41, 5.74) is 0.282. The van der Waals surface area contributed by atoms with Crippen LogP contribution >= 0.6 is 0 Å². The van der Waals surface area contributed by atoms with Crippen molar-refractivity contribution >= 4 is 11.9 Å². The zero-order valence-electron chi connectivity index (χ0n) is 10.2. The van der Waals surface area contributed by atoms with Gasteiger partial charge in [0.1, 0.15) is 11.9 Å². The number of fused-ring (bicyclic) bond motifs is 1. The summed E-state index contributed by atoms with van der Waals surface area (Å²) in [6, 6.07) is 5.57. The monoisotopic (exact) mass is 261 g/mol. The van der Waals surface area contributed by atoms with Crippen molar-refractivity contribution in [3.05, 3.63) is 42.4 Å². The van der Waals surface area contributed by atoms with Gasteiger partial charge >= 0.3 is 5.97 Å². The van der Waals surface area contributed by atoms with Crippen LogP contribution in [0.25, 0.3) is 0 Å². The van der Waals surface area contributed by atoms with Gasteiger partial charge in [0, 0.05) is 12.1 Å². The Hall–Kier alpha value is -2.21. The molecule has 1 unspecified atom stereocenters. The van der Waals surface area contributed by atoms with Gasteiger partial charge in [-0.2, -0.15) is 4.57 Å². The van der Waals surface area contributed by atoms with Crippen LogP contribution in [-0.4, -0.2) is 29.6 Å². The number of hydrogen-bond donors (Lipinski definition) is 0. The Kier molecular flexibility index (Phi) is 3.00. The number of rotatable bonds is 3. The summed E-state index contributed by atoms with van der Waals surface area (Å²) in [5.74, 6) is -0.613. The quantitative estimate of drug-likeness (QED) is 0.435. The molecule has 19 heavy (non-hydrogen) atoms. The van der Waals surface area contributed by atoms with Crippen LogP contribution in [0, 0.1) is 0 Å². The number of carbonyl (C=O) groups excluding carboxylic acids is 2. The van der Waals surface area contributed by atoms with Crippen LogP contribution in [0.1, 0.15) is 6.42 Å². The molecule has 0 bridgehead atoms. The molecule has 3 heterocycles. The zero-order valence-corrected chi connectivity index (χ0v) is 10.2. The minimum absolute atomic E-state index is 0.111. The van der Waals surface area contributed by atoms with Crippen molar-refractivity contribution in [3.63, 3.8) is 0 Å². The van der Waals surface area contributed by atoms with Crippen LogP contribution in [0.4, 0.5) is 0 Å². The van der Waals surface area contributed by atoms with Crippen molar-refractivity contribution in [1.29, 1.82) is 0 Å². The molecule has 0 aliphatic carbocycles. The largest absolute Gasteiger partial charge is 0.400 e. The van der Waals surface area contributed by atoms with E-state index in [1.54, 1.807) is 23.0 Å². The van der Waals surface area contributed by atoms with Crippen molar-refractivity contribution in [3.8, 4) is 0 Å². The van der Waals surface area contributed by atoms with Gasteiger partial charge in [0.05, 0.1) is 13.0 Å². The first-order chi connectivity index (χ1) is 9.25. The Balaban J connectivity index is 1.64. The Labute approximate surface area is 109 Å². The molecule has 98 valence electrons. The Bertz CT molecular complexity index is 541. The highest BCUT2D eigenvalue weighted by Gasteiger charge is 2.44. The third-order valence-corrected chi connectivity index (χ3v) is 3.06. The Morgan fingerprint density at radius 2 is 2.21 bits per heavy atom. The van der Waals surface area contributed by atoms with E-state index in [0.29, 0.717) is 13.0 Å². The lowest BCUT2D eigenvalue weighted by molar-refractivity contribution is -0.727. The lowest BCUT2D eigenvalue weighted by atomic mass is 10.1. The van der Waals surface area contributed by atoms with Crippen LogP contribution in [0.3, 0.4) is 0 Å². The number of pyridine rings is 1. The highest BCUT2D eigenvalue weighted by Crippen LogP contribution is 2.29. The average Bonchev–Trinajstić information content (AvgIpc) is 2.44. The highest BCUT2D eigenvalue weighted by atomic mass is 16.5. The lowest BCUT2D eigenvalue weighted by Gasteiger charge is -2.42. The molecule has 1 aromatic heterocycles. The predicted octanol–water partition coefficient (Wildman–Crippen LogP) is -0.0527. The van der Waals surface area contributed by atoms with Gasteiger partial charge in [0.25, 0.3) is 6.73 Å². The first-order valence-electron chi connectivity index (χ1n) is 6.01. The van der Waals surface area contributed by atoms with Gasteiger partial charge in [-0.15, -0.1) is 0 Å². The van der Waals surface area contributed by atoms with Crippen LogP contribution < -0.4 is 4.57 Å². The van der Waals surface area contributed by atoms with Gasteiger partial charge in [0.15, 0.2) is 12.4 Å². The van der Waals surface area contributed by atoms with E-state index in [2.05, 4.69) is 0 Å². The van der Waals surface area contributed by atoms with E-state index < -0.39 is 5.97 Å². The van der Waals surface area contributed by atoms with Gasteiger partial charge in [-0.25, -0.2) is 4.79 Å². The lowest BCUT2D eigenvalue weighted by Crippen LogP contribution is -2.56. The van der Waals surface area contributed by atoms with Crippen LogP contribution in [0.2, 0.25) is 0 Å². The first-order valence-corrected chi connectivity index (χ1v) is 6.01. The average molecular weight is 261 g/mol. The third kappa shape index (κ3) is 2.22. The van der Waals surface area contributed by atoms with Crippen LogP contribution in [-0.2, 0) is 25.8 Å². The number of hydrogen-bond acceptors (Lipinski definition) is 4. The highest BCUT2D eigenvalue weighted by molar-refractivity contribution is 5.96. The van der Waals surface area contributed by atoms with E-state index in [4.69, 9.17) is 9.47 Å². The molecule has 1 amide bonds. The predicted molar refractivity (Wildman–Crippen MR) is 62.0 cm³/mol. The molecule has 0 N–H and O–H groups in total. The number of amides is 1. The number of aromatic nitrogens is 1. The van der Waals surface area contributed by atoms with Crippen molar-refractivity contribution < 1.29 is 23.6 Å². The summed E-state index contributed by atoms with van der Waals surface area (Å²) in [6.07, 6.45) is 5.19. The second-order valence-electron chi connectivity index (χ2n) is 4.30. The van der Waals surface area contributed by atoms with Crippen molar-refractivity contribution in [1.82, 2.24) is 4.90 Å². The molecule has 0 spiro atoms. The minimum Gasteiger partial charge on any atom is -0.400 e. The van der Waals surface area contributed by atoms with Crippen molar-refractivity contribution in [2.24, 2.45) is 0 Å². The molecule has 0 saturated carbocycles. The van der Waals surface area contributed by atoms with E-state index in [9.17, 15) is 9.59 Å². The maximum absolute atomic E-state index is 12.0. The van der Waals surface area contributed by atoms with E-state index in [1.807, 2.05) is 18.2 Å². The van der Waals surface area contributed by atoms with Gasteiger partial charge < -0.3 is 9.47 Å². The number of ether oxygens (including phenoxy) is 2. The maximum atomic E-state index is 12.0. The summed E-state index contributed by atoms with van der Waals surface area (Å²) < 4.78 is 12.2. The summed E-state index contributed by atoms with van der Waals surface area (Å²) in [4.78, 5) is 24.7. The fraction of sp³-hybridized carbons (Fsp3) is 0.308. The molecule has 0 radical (unpaired) electrons. The van der Waals surface area contributed by atoms with Crippen LogP contribution in [0.5, 0.6) is 0 Å². The zero-order chi connectivity index (χ0) is 13.2. The van der Waals surface area contributed by atoms with Crippen molar-refractivity contribution in [2.75, 3.05) is 6.61 Å². The second kappa shape index (κ2) is 4.81. The molecule has 3 rings (SSSR count). The molecule has 1 fully saturated rings. The number of esters is 1. The molecule has 1 atom stereocenters. The second-order valence-corrected chi connectivity index (χ2v) is 4.30. The van der Waals surface area contributed by atoms with E-state index in [-0.39, 0.29) is 24.6 Å². The molecule has 1 saturated heterocycles. The van der Waals surface area contributed by atoms with Crippen molar-refractivity contribution in [2.45, 2.75) is 19.4 Å². The standard InChI is InChI=1S/C13H13N2O4/c16-11-8-12-15(11)10(4-7-18-12)13(17)19-9-14-5-2-1-3-6-14/h1-6,12H,7-9H2/q+1. The number of carbonyl (C=O) groups is 2. The number of β-lactam (4-membered cyclic amide) rings is 1. The van der Waals surface area contributed by atoms with Crippen LogP contribution in [0.15, 0.2) is 42.4 Å². The summed E-state index contributed by atoms with van der Waals surface area (Å²) in [5, 5.41) is 0. The Morgan fingerprint density at radius 3 is 2.95 bits per heavy atom. The third-order valence-electron chi connectivity index (χ3n) is 3.06. The summed E-state index contributed by atoms with van der Waals surface area (Å²) in [7, 11) is 0. The fourth-order valence-corrected chi connectivity index (χ4v) is 2.06. The topological polar surface area (TPSA) is 59.7 Å². The summed E-state index contributed by atoms with van der Waals surface area (Å²) >= 11 is 0. The SMILES string of the molecule is O=C(OC[n+]1ccccc1)C1=CCOC2CC(=O)N12. The normalized spacial score (nSPS) is 21.3. The molecular weight excluding hydrogens is 248 g/mol. The molecular formula is C13H13N2O4+. The first kappa shape index (κ1) is 11.9. The van der Waals surface area contributed by atoms with Gasteiger partial charge in [0.2, 0.25) is 5.91 Å². The van der Waals surface area contributed by atoms with Gasteiger partial charge in [-0.3, -0.25) is 9.69 Å². The molecule has 2 aliphatic heterocycles. The Morgan fingerprint density at radius 1 is 1.42 bits per heavy atom. The smallest absolute Gasteiger partial charge is 0.359 e. The molecule has 6 nitrogen and oxygen atoms in total. The van der Waals surface area contributed by atoms with E-state index >= 15 is 0 Å². The minimum atomic E-state index is -0.502. The van der Waals surface area contributed by atoms with Gasteiger partial charge in [-0.05, 0) is 6.08 Å². The number of nitrogens with zero attached hydrogens (tertiary/aromatic N) is 2. The maximum Gasteiger partial charge on any atom is 0.359 e. The van der Waals surface area contributed by atoms with Gasteiger partial charge in [-0.1, -0.05) is 6.07 Å². The molecule has 0 aromatic carbocycles.